The normalized spacial score (nSPS) is 13.4. The van der Waals surface area contributed by atoms with E-state index in [-0.39, 0.29) is 5.91 Å². The van der Waals surface area contributed by atoms with Crippen LogP contribution < -0.4 is 10.4 Å². The van der Waals surface area contributed by atoms with E-state index in [0.717, 1.165) is 24.1 Å². The molecular weight excluding hydrogens is 232 g/mol. The molecule has 2 amide bonds. The second-order valence-corrected chi connectivity index (χ2v) is 4.14. The van der Waals surface area contributed by atoms with Crippen LogP contribution in [0, 0.1) is 0 Å². The molecule has 1 heterocycles. The van der Waals surface area contributed by atoms with Crippen molar-refractivity contribution in [3.8, 4) is 0 Å². The molecule has 5 nitrogen and oxygen atoms in total. The minimum absolute atomic E-state index is 0.149. The van der Waals surface area contributed by atoms with Crippen molar-refractivity contribution < 1.29 is 14.3 Å². The Morgan fingerprint density at radius 3 is 3.00 bits per heavy atom. The number of nitrogens with zero attached hydrogens (tertiary/aromatic N) is 1. The lowest BCUT2D eigenvalue weighted by molar-refractivity contribution is -0.117. The van der Waals surface area contributed by atoms with Gasteiger partial charge in [0.1, 0.15) is 0 Å². The maximum Gasteiger partial charge on any atom is 0.426 e. The number of para-hydroxylation sites is 1. The Labute approximate surface area is 106 Å². The van der Waals surface area contributed by atoms with Crippen molar-refractivity contribution in [1.82, 2.24) is 5.43 Å². The van der Waals surface area contributed by atoms with E-state index >= 15 is 0 Å². The molecule has 0 saturated heterocycles. The number of anilines is 1. The third-order valence-corrected chi connectivity index (χ3v) is 2.76. The van der Waals surface area contributed by atoms with Crippen LogP contribution in [0.5, 0.6) is 0 Å². The van der Waals surface area contributed by atoms with Gasteiger partial charge < -0.3 is 4.74 Å². The summed E-state index contributed by atoms with van der Waals surface area (Å²) in [6.07, 6.45) is 1.50. The lowest BCUT2D eigenvalue weighted by atomic mass is 10.2. The number of ether oxygens (including phenoxy) is 1. The number of carbonyl (C=O) groups excluding carboxylic acids is 2. The van der Waals surface area contributed by atoms with Crippen LogP contribution in [0.4, 0.5) is 10.5 Å². The second-order valence-electron chi connectivity index (χ2n) is 4.14. The van der Waals surface area contributed by atoms with Gasteiger partial charge in [-0.15, -0.1) is 0 Å². The largest absolute Gasteiger partial charge is 0.448 e. The summed E-state index contributed by atoms with van der Waals surface area (Å²) in [6, 6.07) is 7.37. The van der Waals surface area contributed by atoms with Crippen LogP contribution in [0.2, 0.25) is 0 Å². The number of hydrogen-bond acceptors (Lipinski definition) is 3. The number of benzene rings is 1. The molecule has 0 unspecified atom stereocenters. The van der Waals surface area contributed by atoms with Crippen molar-refractivity contribution in [3.05, 3.63) is 29.8 Å². The van der Waals surface area contributed by atoms with E-state index in [4.69, 9.17) is 4.74 Å². The predicted molar refractivity (Wildman–Crippen MR) is 67.0 cm³/mol. The van der Waals surface area contributed by atoms with Crippen molar-refractivity contribution in [3.63, 3.8) is 0 Å². The zero-order chi connectivity index (χ0) is 13.0. The summed E-state index contributed by atoms with van der Waals surface area (Å²) in [7, 11) is 0. The summed E-state index contributed by atoms with van der Waals surface area (Å²) in [5.74, 6) is -0.149. The van der Waals surface area contributed by atoms with Gasteiger partial charge in [0.25, 0.3) is 0 Å². The lowest BCUT2D eigenvalue weighted by Gasteiger charge is -2.17. The van der Waals surface area contributed by atoms with Gasteiger partial charge in [-0.2, -0.15) is 0 Å². The van der Waals surface area contributed by atoms with Gasteiger partial charge in [0, 0.05) is 0 Å². The number of hydrazine groups is 1. The van der Waals surface area contributed by atoms with E-state index in [1.54, 1.807) is 6.07 Å². The van der Waals surface area contributed by atoms with E-state index in [9.17, 15) is 9.59 Å². The van der Waals surface area contributed by atoms with Crippen LogP contribution in [0.25, 0.3) is 0 Å². The zero-order valence-electron chi connectivity index (χ0n) is 10.3. The van der Waals surface area contributed by atoms with Crippen LogP contribution in [-0.2, 0) is 16.0 Å². The van der Waals surface area contributed by atoms with Crippen LogP contribution in [0.1, 0.15) is 25.3 Å². The first-order valence-electron chi connectivity index (χ1n) is 6.06. The number of amides is 2. The highest BCUT2D eigenvalue weighted by Crippen LogP contribution is 2.26. The number of unbranched alkanes of at least 4 members (excludes halogenated alkanes) is 1. The highest BCUT2D eigenvalue weighted by atomic mass is 16.6. The van der Waals surface area contributed by atoms with Gasteiger partial charge in [0.15, 0.2) is 0 Å². The smallest absolute Gasteiger partial charge is 0.426 e. The molecule has 1 aliphatic rings. The number of rotatable bonds is 4. The summed E-state index contributed by atoms with van der Waals surface area (Å²) in [5, 5.41) is 1.25. The number of nitrogens with one attached hydrogen (secondary N) is 1. The molecule has 5 heteroatoms. The van der Waals surface area contributed by atoms with Gasteiger partial charge >= 0.3 is 6.09 Å². The molecule has 0 fully saturated rings. The maximum atomic E-state index is 11.8. The average molecular weight is 248 g/mol. The molecule has 0 saturated carbocycles. The quantitative estimate of drug-likeness (QED) is 0.829. The molecule has 1 aliphatic heterocycles. The zero-order valence-corrected chi connectivity index (χ0v) is 10.3. The maximum absolute atomic E-state index is 11.8. The third kappa shape index (κ3) is 2.61. The minimum Gasteiger partial charge on any atom is -0.448 e. The Kier molecular flexibility index (Phi) is 3.82. The third-order valence-electron chi connectivity index (χ3n) is 2.76. The van der Waals surface area contributed by atoms with Crippen LogP contribution in [0.15, 0.2) is 24.3 Å². The van der Waals surface area contributed by atoms with Gasteiger partial charge in [0.05, 0.1) is 18.7 Å². The first kappa shape index (κ1) is 12.4. The van der Waals surface area contributed by atoms with E-state index in [0.29, 0.717) is 13.0 Å². The van der Waals surface area contributed by atoms with Gasteiger partial charge in [-0.25, -0.2) is 15.2 Å². The minimum atomic E-state index is -0.589. The molecule has 1 aromatic rings. The molecule has 0 spiro atoms. The molecule has 1 N–H and O–H groups in total. The fraction of sp³-hybridized carbons (Fsp3) is 0.385. The van der Waals surface area contributed by atoms with Crippen LogP contribution >= 0.6 is 0 Å². The van der Waals surface area contributed by atoms with Crippen molar-refractivity contribution in [2.75, 3.05) is 11.6 Å². The Hall–Kier alpha value is -2.04. The molecule has 0 radical (unpaired) electrons. The molecule has 0 bridgehead atoms. The van der Waals surface area contributed by atoms with Crippen LogP contribution in [0.3, 0.4) is 0 Å². The summed E-state index contributed by atoms with van der Waals surface area (Å²) in [6.45, 7) is 2.38. The van der Waals surface area contributed by atoms with Crippen LogP contribution in [-0.4, -0.2) is 18.6 Å². The van der Waals surface area contributed by atoms with Crippen molar-refractivity contribution in [1.29, 1.82) is 0 Å². The number of hydrogen-bond donors (Lipinski definition) is 1. The molecule has 0 aliphatic carbocycles. The Balaban J connectivity index is 1.97. The van der Waals surface area contributed by atoms with Crippen molar-refractivity contribution in [2.45, 2.75) is 26.2 Å². The summed E-state index contributed by atoms with van der Waals surface area (Å²) < 4.78 is 4.96. The van der Waals surface area contributed by atoms with Gasteiger partial charge in [-0.3, -0.25) is 4.79 Å². The average Bonchev–Trinajstić information content (AvgIpc) is 2.67. The summed E-state index contributed by atoms with van der Waals surface area (Å²) in [4.78, 5) is 23.3. The number of carbonyl (C=O) groups is 2. The van der Waals surface area contributed by atoms with E-state index in [1.165, 1.54) is 5.01 Å². The molecule has 18 heavy (non-hydrogen) atoms. The van der Waals surface area contributed by atoms with Gasteiger partial charge in [-0.05, 0) is 18.1 Å². The molecule has 96 valence electrons. The molecule has 2 rings (SSSR count). The monoisotopic (exact) mass is 248 g/mol. The molecule has 1 aromatic carbocycles. The topological polar surface area (TPSA) is 58.6 Å². The van der Waals surface area contributed by atoms with Crippen molar-refractivity contribution >= 4 is 17.7 Å². The van der Waals surface area contributed by atoms with E-state index in [2.05, 4.69) is 5.43 Å². The standard InChI is InChI=1S/C13H16N2O3/c1-2-3-8-18-13(17)14-15-11-7-5-4-6-10(11)9-12(15)16/h4-7H,2-3,8-9H2,1H3,(H,14,17). The first-order chi connectivity index (χ1) is 8.72. The molecular formula is C13H16N2O3. The Morgan fingerprint density at radius 2 is 2.22 bits per heavy atom. The fourth-order valence-electron chi connectivity index (χ4n) is 1.81. The lowest BCUT2D eigenvalue weighted by Crippen LogP contribution is -2.44. The SMILES string of the molecule is CCCCOC(=O)NN1C(=O)Cc2ccccc21. The number of fused-ring (bicyclic) bond motifs is 1. The van der Waals surface area contributed by atoms with E-state index < -0.39 is 6.09 Å². The fourth-order valence-corrected chi connectivity index (χ4v) is 1.81. The molecule has 0 atom stereocenters. The first-order valence-corrected chi connectivity index (χ1v) is 6.06. The van der Waals surface area contributed by atoms with Crippen molar-refractivity contribution in [2.24, 2.45) is 0 Å². The van der Waals surface area contributed by atoms with E-state index in [1.807, 2.05) is 25.1 Å². The molecule has 0 aromatic heterocycles. The summed E-state index contributed by atoms with van der Waals surface area (Å²) >= 11 is 0. The summed E-state index contributed by atoms with van der Waals surface area (Å²) in [5.41, 5.74) is 4.10. The predicted octanol–water partition coefficient (Wildman–Crippen LogP) is 2.02. The van der Waals surface area contributed by atoms with Gasteiger partial charge in [0.2, 0.25) is 5.91 Å². The van der Waals surface area contributed by atoms with Gasteiger partial charge in [-0.1, -0.05) is 31.5 Å². The highest BCUT2D eigenvalue weighted by Gasteiger charge is 2.28. The highest BCUT2D eigenvalue weighted by molar-refractivity contribution is 6.02. The second kappa shape index (κ2) is 5.53. The Morgan fingerprint density at radius 1 is 1.44 bits per heavy atom. The Bertz CT molecular complexity index is 459.